The maximum atomic E-state index is 5.86. The van der Waals surface area contributed by atoms with Crippen LogP contribution >= 0.6 is 11.6 Å². The fraction of sp³-hybridized carbons (Fsp3) is 0.667. The number of nitrogens with zero attached hydrogens (tertiary/aromatic N) is 2. The molecule has 4 heteroatoms. The van der Waals surface area contributed by atoms with Gasteiger partial charge in [-0.2, -0.15) is 4.98 Å². The van der Waals surface area contributed by atoms with Gasteiger partial charge in [-0.3, -0.25) is 0 Å². The highest BCUT2D eigenvalue weighted by atomic mass is 35.5. The second-order valence-corrected chi connectivity index (χ2v) is 2.57. The summed E-state index contributed by atoms with van der Waals surface area (Å²) in [6.45, 7) is 2.06. The van der Waals surface area contributed by atoms with E-state index in [2.05, 4.69) is 21.6 Å². The Hall–Kier alpha value is -0.570. The summed E-state index contributed by atoms with van der Waals surface area (Å²) in [5.41, 5.74) is 0. The van der Waals surface area contributed by atoms with Crippen LogP contribution < -0.4 is 0 Å². The lowest BCUT2D eigenvalue weighted by Gasteiger charge is -1.98. The standard InChI is InChI=1S/C6H9ClN2O/c1-2-3-5(7)6-8-4-10-9-6/h4-5H,2-3H2,1H3. The lowest BCUT2D eigenvalue weighted by Crippen LogP contribution is -1.91. The Morgan fingerprint density at radius 2 is 2.60 bits per heavy atom. The predicted molar refractivity (Wildman–Crippen MR) is 37.8 cm³/mol. The molecule has 0 aliphatic heterocycles. The van der Waals surface area contributed by atoms with E-state index in [0.29, 0.717) is 5.82 Å². The lowest BCUT2D eigenvalue weighted by atomic mass is 10.2. The first-order valence-electron chi connectivity index (χ1n) is 3.25. The first kappa shape index (κ1) is 7.54. The van der Waals surface area contributed by atoms with Crippen molar-refractivity contribution in [2.24, 2.45) is 0 Å². The molecule has 1 heterocycles. The van der Waals surface area contributed by atoms with Gasteiger partial charge in [0.15, 0.2) is 5.82 Å². The van der Waals surface area contributed by atoms with Gasteiger partial charge in [0.2, 0.25) is 6.39 Å². The second-order valence-electron chi connectivity index (χ2n) is 2.05. The van der Waals surface area contributed by atoms with Crippen molar-refractivity contribution in [1.82, 2.24) is 10.1 Å². The average Bonchev–Trinajstić information content (AvgIpc) is 2.38. The third-order valence-electron chi connectivity index (χ3n) is 1.20. The zero-order chi connectivity index (χ0) is 7.40. The monoisotopic (exact) mass is 160 g/mol. The number of aromatic nitrogens is 2. The Kier molecular flexibility index (Phi) is 2.68. The van der Waals surface area contributed by atoms with Crippen LogP contribution in [0.1, 0.15) is 31.0 Å². The molecule has 0 fully saturated rings. The average molecular weight is 161 g/mol. The van der Waals surface area contributed by atoms with Gasteiger partial charge in [0.25, 0.3) is 0 Å². The Balaban J connectivity index is 2.50. The maximum Gasteiger partial charge on any atom is 0.213 e. The normalized spacial score (nSPS) is 13.4. The van der Waals surface area contributed by atoms with Crippen molar-refractivity contribution in [1.29, 1.82) is 0 Å². The molecule has 0 bridgehead atoms. The molecule has 0 aliphatic carbocycles. The van der Waals surface area contributed by atoms with E-state index in [0.717, 1.165) is 12.8 Å². The van der Waals surface area contributed by atoms with Gasteiger partial charge in [0.05, 0.1) is 5.38 Å². The molecular formula is C6H9ClN2O. The van der Waals surface area contributed by atoms with Crippen LogP contribution in [0.3, 0.4) is 0 Å². The van der Waals surface area contributed by atoms with Crippen molar-refractivity contribution < 1.29 is 4.52 Å². The summed E-state index contributed by atoms with van der Waals surface area (Å²) in [4.78, 5) is 3.83. The Morgan fingerprint density at radius 3 is 3.10 bits per heavy atom. The van der Waals surface area contributed by atoms with Crippen LogP contribution in [-0.2, 0) is 0 Å². The van der Waals surface area contributed by atoms with Gasteiger partial charge in [0, 0.05) is 0 Å². The van der Waals surface area contributed by atoms with E-state index < -0.39 is 0 Å². The van der Waals surface area contributed by atoms with Crippen molar-refractivity contribution >= 4 is 11.6 Å². The number of hydrogen-bond donors (Lipinski definition) is 0. The molecule has 0 radical (unpaired) electrons. The van der Waals surface area contributed by atoms with Gasteiger partial charge in [0.1, 0.15) is 0 Å². The van der Waals surface area contributed by atoms with E-state index in [1.807, 2.05) is 0 Å². The van der Waals surface area contributed by atoms with E-state index in [-0.39, 0.29) is 5.38 Å². The molecule has 0 spiro atoms. The maximum absolute atomic E-state index is 5.86. The van der Waals surface area contributed by atoms with Crippen LogP contribution in [0.2, 0.25) is 0 Å². The van der Waals surface area contributed by atoms with Crippen molar-refractivity contribution in [3.05, 3.63) is 12.2 Å². The molecular weight excluding hydrogens is 152 g/mol. The van der Waals surface area contributed by atoms with Crippen molar-refractivity contribution in [2.45, 2.75) is 25.1 Å². The van der Waals surface area contributed by atoms with Gasteiger partial charge in [-0.1, -0.05) is 18.5 Å². The van der Waals surface area contributed by atoms with Crippen LogP contribution in [0.15, 0.2) is 10.9 Å². The SMILES string of the molecule is CCCC(Cl)c1ncon1. The molecule has 0 saturated heterocycles. The molecule has 1 aromatic heterocycles. The molecule has 0 aromatic carbocycles. The van der Waals surface area contributed by atoms with Gasteiger partial charge >= 0.3 is 0 Å². The predicted octanol–water partition coefficient (Wildman–Crippen LogP) is 2.15. The Labute approximate surface area is 64.4 Å². The minimum Gasteiger partial charge on any atom is -0.343 e. The van der Waals surface area contributed by atoms with E-state index in [1.165, 1.54) is 6.39 Å². The van der Waals surface area contributed by atoms with Crippen LogP contribution in [0.5, 0.6) is 0 Å². The van der Waals surface area contributed by atoms with E-state index in [1.54, 1.807) is 0 Å². The topological polar surface area (TPSA) is 38.9 Å². The molecule has 3 nitrogen and oxygen atoms in total. The van der Waals surface area contributed by atoms with Crippen LogP contribution in [0.25, 0.3) is 0 Å². The second kappa shape index (κ2) is 3.56. The smallest absolute Gasteiger partial charge is 0.213 e. The summed E-state index contributed by atoms with van der Waals surface area (Å²) in [6, 6.07) is 0. The summed E-state index contributed by atoms with van der Waals surface area (Å²) < 4.78 is 4.54. The first-order chi connectivity index (χ1) is 4.84. The van der Waals surface area contributed by atoms with Crippen LogP contribution in [-0.4, -0.2) is 10.1 Å². The van der Waals surface area contributed by atoms with Gasteiger partial charge in [-0.15, -0.1) is 11.6 Å². The highest BCUT2D eigenvalue weighted by molar-refractivity contribution is 6.20. The first-order valence-corrected chi connectivity index (χ1v) is 3.68. The van der Waals surface area contributed by atoms with E-state index in [4.69, 9.17) is 11.6 Å². The van der Waals surface area contributed by atoms with E-state index >= 15 is 0 Å². The summed E-state index contributed by atoms with van der Waals surface area (Å²) >= 11 is 5.86. The van der Waals surface area contributed by atoms with Gasteiger partial charge < -0.3 is 4.52 Å². The molecule has 1 aromatic rings. The Bertz CT molecular complexity index is 176. The largest absolute Gasteiger partial charge is 0.343 e. The zero-order valence-electron chi connectivity index (χ0n) is 5.75. The minimum atomic E-state index is -0.0938. The summed E-state index contributed by atoms with van der Waals surface area (Å²) in [5.74, 6) is 0.587. The third-order valence-corrected chi connectivity index (χ3v) is 1.61. The molecule has 10 heavy (non-hydrogen) atoms. The minimum absolute atomic E-state index is 0.0938. The molecule has 0 amide bonds. The summed E-state index contributed by atoms with van der Waals surface area (Å²) in [7, 11) is 0. The lowest BCUT2D eigenvalue weighted by molar-refractivity contribution is 0.408. The molecule has 0 aliphatic rings. The number of halogens is 1. The Morgan fingerprint density at radius 1 is 1.80 bits per heavy atom. The van der Waals surface area contributed by atoms with E-state index in [9.17, 15) is 0 Å². The van der Waals surface area contributed by atoms with Crippen LogP contribution in [0, 0.1) is 0 Å². The van der Waals surface area contributed by atoms with Gasteiger partial charge in [-0.25, -0.2) is 0 Å². The fourth-order valence-corrected chi connectivity index (χ4v) is 1.01. The molecule has 1 atom stereocenters. The highest BCUT2D eigenvalue weighted by Crippen LogP contribution is 2.21. The third kappa shape index (κ3) is 1.70. The molecule has 0 saturated carbocycles. The summed E-state index contributed by atoms with van der Waals surface area (Å²) in [5, 5.41) is 3.52. The van der Waals surface area contributed by atoms with Gasteiger partial charge in [-0.05, 0) is 6.42 Å². The fourth-order valence-electron chi connectivity index (χ4n) is 0.699. The number of hydrogen-bond acceptors (Lipinski definition) is 3. The van der Waals surface area contributed by atoms with Crippen molar-refractivity contribution in [2.75, 3.05) is 0 Å². The number of alkyl halides is 1. The molecule has 1 rings (SSSR count). The van der Waals surface area contributed by atoms with Crippen molar-refractivity contribution in [3.63, 3.8) is 0 Å². The molecule has 0 N–H and O–H groups in total. The van der Waals surface area contributed by atoms with Crippen LogP contribution in [0.4, 0.5) is 0 Å². The molecule has 1 unspecified atom stereocenters. The summed E-state index contributed by atoms with van der Waals surface area (Å²) in [6.07, 6.45) is 3.21. The quantitative estimate of drug-likeness (QED) is 0.636. The number of rotatable bonds is 3. The molecule has 56 valence electrons. The zero-order valence-corrected chi connectivity index (χ0v) is 6.51. The van der Waals surface area contributed by atoms with Crippen molar-refractivity contribution in [3.8, 4) is 0 Å². The highest BCUT2D eigenvalue weighted by Gasteiger charge is 2.10.